The summed E-state index contributed by atoms with van der Waals surface area (Å²) in [6.07, 6.45) is 8.74. The molecule has 0 radical (unpaired) electrons. The van der Waals surface area contributed by atoms with Gasteiger partial charge in [-0.05, 0) is 81.5 Å². The van der Waals surface area contributed by atoms with Crippen LogP contribution in [0.2, 0.25) is 0 Å². The summed E-state index contributed by atoms with van der Waals surface area (Å²) in [6.45, 7) is 9.35. The molecule has 3 aromatic heterocycles. The Hall–Kier alpha value is -1.48. The van der Waals surface area contributed by atoms with Gasteiger partial charge in [0.05, 0.1) is 11.9 Å². The lowest BCUT2D eigenvalue weighted by Crippen LogP contribution is -2.50. The number of piperidine rings is 1. The summed E-state index contributed by atoms with van der Waals surface area (Å²) < 4.78 is 27.1. The maximum absolute atomic E-state index is 13.1. The van der Waals surface area contributed by atoms with Crippen molar-refractivity contribution in [2.24, 2.45) is 5.41 Å². The zero-order chi connectivity index (χ0) is 25.1. The molecule has 36 heavy (non-hydrogen) atoms. The fourth-order valence-corrected chi connectivity index (χ4v) is 7.21. The van der Waals surface area contributed by atoms with Gasteiger partial charge in [0.25, 0.3) is 0 Å². The molecule has 1 spiro atoms. The molecule has 6 rings (SSSR count). The van der Waals surface area contributed by atoms with Gasteiger partial charge in [0.1, 0.15) is 22.1 Å². The summed E-state index contributed by atoms with van der Waals surface area (Å²) in [6, 6.07) is 2.08. The molecular formula is C24H33IN8O2S. The third-order valence-electron chi connectivity index (χ3n) is 7.76. The third kappa shape index (κ3) is 4.32. The molecule has 0 amide bonds. The van der Waals surface area contributed by atoms with E-state index in [9.17, 15) is 4.55 Å². The fraction of sp³-hybridized carbons (Fsp3) is 0.667. The average Bonchev–Trinajstić information content (AvgIpc) is 3.53. The molecule has 1 unspecified atom stereocenters. The number of hydrogen-bond donors (Lipinski definition) is 1. The van der Waals surface area contributed by atoms with Gasteiger partial charge in [-0.1, -0.05) is 0 Å². The van der Waals surface area contributed by atoms with Crippen LogP contribution in [0.15, 0.2) is 18.5 Å². The van der Waals surface area contributed by atoms with Gasteiger partial charge in [0.15, 0.2) is 15.6 Å². The molecule has 2 fully saturated rings. The van der Waals surface area contributed by atoms with Crippen LogP contribution < -0.4 is 9.62 Å². The smallest absolute Gasteiger partial charge is 0.182 e. The van der Waals surface area contributed by atoms with Crippen LogP contribution >= 0.6 is 22.6 Å². The highest BCUT2D eigenvalue weighted by Gasteiger charge is 2.51. The van der Waals surface area contributed by atoms with Gasteiger partial charge in [-0.15, -0.1) is 4.72 Å². The van der Waals surface area contributed by atoms with Crippen LogP contribution in [-0.4, -0.2) is 58.5 Å². The topological polar surface area (TPSA) is 109 Å². The van der Waals surface area contributed by atoms with E-state index in [2.05, 4.69) is 48.1 Å². The monoisotopic (exact) mass is 624 g/mol. The van der Waals surface area contributed by atoms with E-state index in [-0.39, 0.29) is 22.4 Å². The molecule has 0 aliphatic carbocycles. The predicted molar refractivity (Wildman–Crippen MR) is 147 cm³/mol. The molecule has 3 atom stereocenters. The summed E-state index contributed by atoms with van der Waals surface area (Å²) in [4.78, 5) is 12.1. The number of halogens is 1. The van der Waals surface area contributed by atoms with Gasteiger partial charge >= 0.3 is 0 Å². The number of rotatable bonds is 4. The first-order valence-corrected chi connectivity index (χ1v) is 15.0. The van der Waals surface area contributed by atoms with Crippen LogP contribution in [0.1, 0.15) is 70.8 Å². The van der Waals surface area contributed by atoms with Crippen molar-refractivity contribution in [3.63, 3.8) is 0 Å². The first-order valence-electron chi connectivity index (χ1n) is 12.7. The number of nitrogens with zero attached hydrogens (tertiary/aromatic N) is 7. The van der Waals surface area contributed by atoms with Crippen molar-refractivity contribution in [2.75, 3.05) is 24.6 Å². The Morgan fingerprint density at radius 2 is 2.06 bits per heavy atom. The minimum absolute atomic E-state index is 0.0160. The van der Waals surface area contributed by atoms with E-state index in [0.717, 1.165) is 84.7 Å². The van der Waals surface area contributed by atoms with E-state index >= 15 is 0 Å². The van der Waals surface area contributed by atoms with Gasteiger partial charge in [-0.25, -0.2) is 14.6 Å². The average molecular weight is 625 g/mol. The van der Waals surface area contributed by atoms with Crippen LogP contribution in [0.25, 0.3) is 11.2 Å². The molecule has 0 saturated carbocycles. The molecule has 10 nitrogen and oxygen atoms in total. The molecule has 6 heterocycles. The SMILES string of the molecule is CC(C)(C)[S+]([O-])N[C@@H]1c2ccnn2CC12CCN(c1cnc3c(I)nn([C@H]4CCCCO4)c3n1)CC2. The second kappa shape index (κ2) is 9.37. The molecule has 3 aliphatic rings. The Kier molecular flexibility index (Phi) is 6.46. The molecule has 0 aromatic carbocycles. The van der Waals surface area contributed by atoms with Crippen molar-refractivity contribution >= 4 is 50.9 Å². The van der Waals surface area contributed by atoms with Gasteiger partial charge < -0.3 is 14.2 Å². The Morgan fingerprint density at radius 3 is 2.78 bits per heavy atom. The van der Waals surface area contributed by atoms with Crippen LogP contribution in [0.3, 0.4) is 0 Å². The summed E-state index contributed by atoms with van der Waals surface area (Å²) in [5.74, 6) is 0.879. The van der Waals surface area contributed by atoms with Gasteiger partial charge in [-0.3, -0.25) is 4.68 Å². The molecule has 1 N–H and O–H groups in total. The number of anilines is 1. The Balaban J connectivity index is 1.23. The quantitative estimate of drug-likeness (QED) is 0.346. The van der Waals surface area contributed by atoms with Crippen molar-refractivity contribution < 1.29 is 9.29 Å². The Bertz CT molecular complexity index is 1240. The number of nitrogens with one attached hydrogen (secondary N) is 1. The summed E-state index contributed by atoms with van der Waals surface area (Å²) in [5.41, 5.74) is 2.74. The van der Waals surface area contributed by atoms with Crippen molar-refractivity contribution in [3.05, 3.63) is 27.9 Å². The lowest BCUT2D eigenvalue weighted by molar-refractivity contribution is -0.0372. The predicted octanol–water partition coefficient (Wildman–Crippen LogP) is 3.72. The molecule has 3 aliphatic heterocycles. The number of fused-ring (bicyclic) bond motifs is 2. The van der Waals surface area contributed by atoms with Gasteiger partial charge in [0.2, 0.25) is 0 Å². The Labute approximate surface area is 228 Å². The van der Waals surface area contributed by atoms with E-state index in [1.807, 2.05) is 37.8 Å². The maximum atomic E-state index is 13.1. The highest BCUT2D eigenvalue weighted by atomic mass is 127. The normalized spacial score (nSPS) is 25.0. The van der Waals surface area contributed by atoms with E-state index < -0.39 is 11.4 Å². The summed E-state index contributed by atoms with van der Waals surface area (Å²) >= 11 is 1.08. The molecular weight excluding hydrogens is 591 g/mol. The van der Waals surface area contributed by atoms with Gasteiger partial charge in [-0.2, -0.15) is 10.2 Å². The van der Waals surface area contributed by atoms with Crippen LogP contribution in [0.4, 0.5) is 5.82 Å². The highest BCUT2D eigenvalue weighted by molar-refractivity contribution is 14.1. The van der Waals surface area contributed by atoms with Crippen LogP contribution in [-0.2, 0) is 22.6 Å². The maximum Gasteiger partial charge on any atom is 0.182 e. The molecule has 12 heteroatoms. The second-order valence-electron chi connectivity index (χ2n) is 11.2. The van der Waals surface area contributed by atoms with Gasteiger partial charge in [0, 0.05) is 49.2 Å². The van der Waals surface area contributed by atoms with Crippen molar-refractivity contribution in [3.8, 4) is 0 Å². The second-order valence-corrected chi connectivity index (χ2v) is 14.2. The minimum atomic E-state index is -1.16. The lowest BCUT2D eigenvalue weighted by Gasteiger charge is -2.43. The highest BCUT2D eigenvalue weighted by Crippen LogP contribution is 2.50. The molecule has 194 valence electrons. The lowest BCUT2D eigenvalue weighted by atomic mass is 9.73. The first kappa shape index (κ1) is 24.8. The molecule has 3 aromatic rings. The van der Waals surface area contributed by atoms with Crippen molar-refractivity contribution in [1.82, 2.24) is 34.3 Å². The fourth-order valence-electron chi connectivity index (χ4n) is 5.66. The van der Waals surface area contributed by atoms with E-state index in [4.69, 9.17) is 19.8 Å². The van der Waals surface area contributed by atoms with Crippen molar-refractivity contribution in [1.29, 1.82) is 0 Å². The minimum Gasteiger partial charge on any atom is -0.598 e. The number of ether oxygens (including phenoxy) is 1. The number of aromatic nitrogens is 6. The number of hydrogen-bond acceptors (Lipinski definition) is 8. The standard InChI is InChI=1S/C24H33IN8O2S/c1-23(2,3)36(34)30-20-16-7-10-27-32(16)15-24(20)8-11-31(12-9-24)17-14-26-19-21(25)29-33(22(19)28-17)18-6-4-5-13-35-18/h7,10,14,18,20,30H,4-6,8-9,11-13,15H2,1-3H3/t18-,20-,36?/m1/s1. The van der Waals surface area contributed by atoms with Crippen LogP contribution in [0.5, 0.6) is 0 Å². The van der Waals surface area contributed by atoms with E-state index in [1.54, 1.807) is 0 Å². The summed E-state index contributed by atoms with van der Waals surface area (Å²) in [5, 5.41) is 9.27. The van der Waals surface area contributed by atoms with E-state index in [0.29, 0.717) is 0 Å². The Morgan fingerprint density at radius 1 is 1.25 bits per heavy atom. The molecule has 2 saturated heterocycles. The van der Waals surface area contributed by atoms with Crippen LogP contribution in [0, 0.1) is 9.12 Å². The molecule has 0 bridgehead atoms. The largest absolute Gasteiger partial charge is 0.598 e. The van der Waals surface area contributed by atoms with Crippen molar-refractivity contribution in [2.45, 2.75) is 76.4 Å². The third-order valence-corrected chi connectivity index (χ3v) is 10.1. The summed E-state index contributed by atoms with van der Waals surface area (Å²) in [7, 11) is 0. The zero-order valence-electron chi connectivity index (χ0n) is 21.0. The van der Waals surface area contributed by atoms with E-state index in [1.165, 1.54) is 0 Å². The first-order chi connectivity index (χ1) is 17.2. The zero-order valence-corrected chi connectivity index (χ0v) is 24.0.